The minimum atomic E-state index is -0.493. The number of ether oxygens (including phenoxy) is 5. The van der Waals surface area contributed by atoms with Crippen LogP contribution in [0.1, 0.15) is 95.9 Å². The Balaban J connectivity index is 0.000000205. The summed E-state index contributed by atoms with van der Waals surface area (Å²) in [4.78, 5) is 60.2. The number of nitrogens with zero attached hydrogens (tertiary/aromatic N) is 7. The lowest BCUT2D eigenvalue weighted by Crippen LogP contribution is -2.50. The second-order valence-electron chi connectivity index (χ2n) is 23.4. The molecule has 8 rings (SSSR count). The fourth-order valence-electron chi connectivity index (χ4n) is 8.94. The van der Waals surface area contributed by atoms with E-state index in [1.165, 1.54) is 21.5 Å². The highest BCUT2D eigenvalue weighted by atomic mass is 79.9. The van der Waals surface area contributed by atoms with E-state index in [1.807, 2.05) is 95.2 Å². The Kier molecular flexibility index (Phi) is 19.5. The van der Waals surface area contributed by atoms with Crippen molar-refractivity contribution < 1.29 is 48.1 Å². The Morgan fingerprint density at radius 1 is 0.427 bits per heavy atom. The molecule has 4 heterocycles. The van der Waals surface area contributed by atoms with Gasteiger partial charge in [0.05, 0.1) is 0 Å². The average Bonchev–Trinajstić information content (AvgIpc) is 3.33. The Morgan fingerprint density at radius 3 is 1.13 bits per heavy atom. The predicted molar refractivity (Wildman–Crippen MR) is 298 cm³/mol. The molecule has 4 aromatic rings. The Morgan fingerprint density at radius 2 is 0.747 bits per heavy atom. The van der Waals surface area contributed by atoms with Crippen molar-refractivity contribution in [3.8, 4) is 5.75 Å². The highest BCUT2D eigenvalue weighted by Crippen LogP contribution is 2.36. The maximum Gasteiger partial charge on any atom is 0.410 e. The average molecular weight is 1110 g/mol. The van der Waals surface area contributed by atoms with Crippen LogP contribution < -0.4 is 14.5 Å². The second-order valence-corrected chi connectivity index (χ2v) is 24.2. The summed E-state index contributed by atoms with van der Waals surface area (Å²) >= 11 is 3.62. The van der Waals surface area contributed by atoms with Gasteiger partial charge in [-0.15, -0.1) is 0 Å². The summed E-state index contributed by atoms with van der Waals surface area (Å²) in [5, 5.41) is 15.0. The van der Waals surface area contributed by atoms with Gasteiger partial charge in [-0.05, 0) is 113 Å². The summed E-state index contributed by atoms with van der Waals surface area (Å²) < 4.78 is 29.3. The fourth-order valence-corrected chi connectivity index (χ4v) is 9.41. The molecule has 1 N–H and O–H groups in total. The zero-order valence-corrected chi connectivity index (χ0v) is 48.0. The number of rotatable bonds is 4. The van der Waals surface area contributed by atoms with Crippen LogP contribution in [-0.4, -0.2) is 174 Å². The third-order valence-corrected chi connectivity index (χ3v) is 13.2. The summed E-state index contributed by atoms with van der Waals surface area (Å²) in [6.45, 7) is 31.5. The third-order valence-electron chi connectivity index (χ3n) is 12.5. The molecule has 4 saturated heterocycles. The lowest BCUT2D eigenvalue weighted by molar-refractivity contribution is -0.116. The first kappa shape index (κ1) is 58.5. The van der Waals surface area contributed by atoms with Gasteiger partial charge < -0.3 is 58.3 Å². The molecule has 0 unspecified atom stereocenters. The molecule has 4 amide bonds. The monoisotopic (exact) mass is 1100 g/mol. The first-order chi connectivity index (χ1) is 35.1. The molecule has 4 aliphatic heterocycles. The van der Waals surface area contributed by atoms with Gasteiger partial charge in [0.1, 0.15) is 34.3 Å². The van der Waals surface area contributed by atoms with Crippen LogP contribution in [0.3, 0.4) is 0 Å². The number of piperidine rings is 1. The van der Waals surface area contributed by atoms with Gasteiger partial charge in [0.15, 0.2) is 0 Å². The number of fused-ring (bicyclic) bond motifs is 2. The lowest BCUT2D eigenvalue weighted by Gasteiger charge is -2.37. The van der Waals surface area contributed by atoms with Crippen molar-refractivity contribution >= 4 is 73.2 Å². The van der Waals surface area contributed by atoms with Crippen LogP contribution in [0.25, 0.3) is 21.5 Å². The predicted octanol–water partition coefficient (Wildman–Crippen LogP) is 11.3. The molecule has 4 aromatic carbocycles. The summed E-state index contributed by atoms with van der Waals surface area (Å²) in [6.07, 6.45) is 0.550. The number of piperazine rings is 3. The van der Waals surface area contributed by atoms with E-state index in [0.717, 1.165) is 65.7 Å². The number of hydrogen-bond donors (Lipinski definition) is 1. The maximum absolute atomic E-state index is 12.5. The molecule has 0 aromatic heterocycles. The molecule has 75 heavy (non-hydrogen) atoms. The van der Waals surface area contributed by atoms with Gasteiger partial charge >= 0.3 is 24.4 Å². The van der Waals surface area contributed by atoms with Gasteiger partial charge in [0, 0.05) is 136 Å². The van der Waals surface area contributed by atoms with Crippen molar-refractivity contribution in [2.45, 2.75) is 124 Å². The van der Waals surface area contributed by atoms with Gasteiger partial charge in [-0.1, -0.05) is 64.5 Å². The van der Waals surface area contributed by atoms with Crippen LogP contribution in [0.5, 0.6) is 5.75 Å². The van der Waals surface area contributed by atoms with Crippen molar-refractivity contribution in [2.24, 2.45) is 0 Å². The SMILES string of the molecule is CC(C)(C)OC(=O)N1CCC(Oc2ccc(N3CCN(C(=O)OC(C)(C)C)CC3)c3ccccc23)CC1.CC(C)(C)OC(=O)N1CCN(O)CC1.CC(C)(C)OC(=O)N1CCN(c2ccc(Br)c3ccccc23)CC1. The topological polar surface area (TPSA) is 157 Å². The first-order valence-corrected chi connectivity index (χ1v) is 27.1. The quantitative estimate of drug-likeness (QED) is 0.193. The Labute approximate surface area is 452 Å². The van der Waals surface area contributed by atoms with Crippen LogP contribution in [0.15, 0.2) is 77.3 Å². The molecule has 18 heteroatoms. The molecule has 0 saturated carbocycles. The van der Waals surface area contributed by atoms with E-state index >= 15 is 0 Å². The van der Waals surface area contributed by atoms with Crippen molar-refractivity contribution in [3.63, 3.8) is 0 Å². The molecular weight excluding hydrogens is 1020 g/mol. The third kappa shape index (κ3) is 17.7. The van der Waals surface area contributed by atoms with Crippen LogP contribution in [-0.2, 0) is 18.9 Å². The van der Waals surface area contributed by atoms with E-state index in [-0.39, 0.29) is 30.5 Å². The minimum absolute atomic E-state index is 0.0466. The van der Waals surface area contributed by atoms with Crippen LogP contribution in [0.4, 0.5) is 30.6 Å². The molecular formula is C57H82BrN7O10. The highest BCUT2D eigenvalue weighted by molar-refractivity contribution is 9.10. The van der Waals surface area contributed by atoms with E-state index in [1.54, 1.807) is 19.6 Å². The summed E-state index contributed by atoms with van der Waals surface area (Å²) in [6, 6.07) is 25.1. The molecule has 17 nitrogen and oxygen atoms in total. The molecule has 0 radical (unpaired) electrons. The number of benzene rings is 4. The summed E-state index contributed by atoms with van der Waals surface area (Å²) in [7, 11) is 0. The number of hydroxylamine groups is 2. The van der Waals surface area contributed by atoms with E-state index in [2.05, 4.69) is 86.4 Å². The van der Waals surface area contributed by atoms with Crippen LogP contribution >= 0.6 is 15.9 Å². The number of amides is 4. The number of anilines is 2. The number of carbonyl (C=O) groups excluding carboxylic acids is 4. The molecule has 0 spiro atoms. The summed E-state index contributed by atoms with van der Waals surface area (Å²) in [5.74, 6) is 0.863. The second kappa shape index (κ2) is 25.0. The first-order valence-electron chi connectivity index (χ1n) is 26.3. The molecule has 0 bridgehead atoms. The van der Waals surface area contributed by atoms with Gasteiger partial charge in [-0.25, -0.2) is 19.2 Å². The van der Waals surface area contributed by atoms with Crippen molar-refractivity contribution in [1.29, 1.82) is 0 Å². The molecule has 4 fully saturated rings. The number of halogens is 1. The van der Waals surface area contributed by atoms with Crippen molar-refractivity contribution in [3.05, 3.63) is 77.3 Å². The van der Waals surface area contributed by atoms with Crippen LogP contribution in [0, 0.1) is 0 Å². The fraction of sp³-hybridized carbons (Fsp3) is 0.579. The van der Waals surface area contributed by atoms with Crippen molar-refractivity contribution in [2.75, 3.05) is 101 Å². The maximum atomic E-state index is 12.5. The van der Waals surface area contributed by atoms with E-state index < -0.39 is 22.4 Å². The number of hydrogen-bond acceptors (Lipinski definition) is 13. The minimum Gasteiger partial charge on any atom is -0.490 e. The van der Waals surface area contributed by atoms with Gasteiger partial charge in [-0.2, -0.15) is 5.06 Å². The number of likely N-dealkylation sites (tertiary alicyclic amines) is 1. The van der Waals surface area contributed by atoms with E-state index in [0.29, 0.717) is 65.4 Å². The smallest absolute Gasteiger partial charge is 0.410 e. The van der Waals surface area contributed by atoms with Gasteiger partial charge in [0.2, 0.25) is 0 Å². The van der Waals surface area contributed by atoms with Crippen LogP contribution in [0.2, 0.25) is 0 Å². The van der Waals surface area contributed by atoms with E-state index in [9.17, 15) is 19.2 Å². The van der Waals surface area contributed by atoms with Gasteiger partial charge in [0.25, 0.3) is 0 Å². The summed E-state index contributed by atoms with van der Waals surface area (Å²) in [5.41, 5.74) is 0.480. The largest absolute Gasteiger partial charge is 0.490 e. The van der Waals surface area contributed by atoms with Gasteiger partial charge in [-0.3, -0.25) is 0 Å². The molecule has 0 aliphatic carbocycles. The zero-order chi connectivity index (χ0) is 54.9. The standard InChI is InChI=1S/C29H41N3O5.C19H23BrN2O2.C9H18N2O3/c1-28(2,3)36-26(33)31-15-13-21(14-16-31)35-25-12-11-24(22-9-7-8-10-23(22)25)30-17-19-32(20-18-30)27(34)37-29(4,5)6;1-19(2,3)24-18(23)22-12-10-21(11-13-22)17-9-8-16(20)14-6-4-5-7-15(14)17;1-9(2,3)14-8(12)10-4-6-11(13)7-5-10/h7-12,21H,13-20H2,1-6H3;4-9H,10-13H2,1-3H3;13H,4-7H2,1-3H3. The Hall–Kier alpha value is -5.72. The molecule has 4 aliphatic rings. The lowest BCUT2D eigenvalue weighted by atomic mass is 10.0. The molecule has 0 atom stereocenters. The zero-order valence-electron chi connectivity index (χ0n) is 46.4. The van der Waals surface area contributed by atoms with E-state index in [4.69, 9.17) is 28.9 Å². The van der Waals surface area contributed by atoms with Crippen molar-refractivity contribution in [1.82, 2.24) is 24.7 Å². The number of carbonyl (C=O) groups is 4. The highest BCUT2D eigenvalue weighted by Gasteiger charge is 2.31. The normalized spacial score (nSPS) is 17.4. The molecule has 412 valence electrons. The Bertz CT molecular complexity index is 2560.